The Labute approximate surface area is 76.8 Å². The summed E-state index contributed by atoms with van der Waals surface area (Å²) in [5.74, 6) is -0.796. The first-order valence-corrected chi connectivity index (χ1v) is 3.38. The molecule has 4 heteroatoms. The molecule has 0 spiro atoms. The lowest BCUT2D eigenvalue weighted by atomic mass is 10.4. The maximum absolute atomic E-state index is 10.0. The van der Waals surface area contributed by atoms with E-state index in [-0.39, 0.29) is 23.8 Å². The van der Waals surface area contributed by atoms with Crippen molar-refractivity contribution >= 4 is 22.9 Å². The third-order valence-corrected chi connectivity index (χ3v) is 0.761. The summed E-state index contributed by atoms with van der Waals surface area (Å²) in [6, 6.07) is 0. The zero-order chi connectivity index (χ0) is 8.85. The smallest absolute Gasteiger partial charge is 0.314 e. The van der Waals surface area contributed by atoms with Crippen LogP contribution in [0.1, 0.15) is 26.7 Å². The SMILES string of the molecule is C=C(C)C.O=C1CCC(=O)O1.[SiH4]. The molecule has 12 heavy (non-hydrogen) atoms. The molecule has 0 amide bonds. The van der Waals surface area contributed by atoms with Gasteiger partial charge in [-0.1, -0.05) is 5.57 Å². The second kappa shape index (κ2) is 6.79. The monoisotopic (exact) mass is 188 g/mol. The highest BCUT2D eigenvalue weighted by molar-refractivity contribution is 5.92. The first-order chi connectivity index (χ1) is 5.02. The summed E-state index contributed by atoms with van der Waals surface area (Å²) >= 11 is 0. The Morgan fingerprint density at radius 2 is 1.50 bits per heavy atom. The molecule has 70 valence electrons. The summed E-state index contributed by atoms with van der Waals surface area (Å²) in [6.07, 6.45) is 0.525. The van der Waals surface area contributed by atoms with Crippen LogP contribution in [-0.2, 0) is 14.3 Å². The number of carbonyl (C=O) groups excluding carboxylic acids is 2. The van der Waals surface area contributed by atoms with Gasteiger partial charge in [-0.05, 0) is 24.8 Å². The van der Waals surface area contributed by atoms with Crippen molar-refractivity contribution < 1.29 is 14.3 Å². The Morgan fingerprint density at radius 1 is 1.25 bits per heavy atom. The second-order valence-electron chi connectivity index (χ2n) is 2.55. The van der Waals surface area contributed by atoms with Crippen molar-refractivity contribution in [1.29, 1.82) is 0 Å². The lowest BCUT2D eigenvalue weighted by molar-refractivity contribution is -0.151. The van der Waals surface area contributed by atoms with E-state index in [2.05, 4.69) is 11.3 Å². The van der Waals surface area contributed by atoms with Crippen LogP contribution in [0.2, 0.25) is 0 Å². The van der Waals surface area contributed by atoms with Crippen LogP contribution < -0.4 is 0 Å². The van der Waals surface area contributed by atoms with Crippen molar-refractivity contribution in [1.82, 2.24) is 0 Å². The zero-order valence-corrected chi connectivity index (χ0v) is 6.85. The van der Waals surface area contributed by atoms with Gasteiger partial charge in [0.2, 0.25) is 0 Å². The molecule has 0 unspecified atom stereocenters. The number of esters is 2. The minimum absolute atomic E-state index is 0. The minimum Gasteiger partial charge on any atom is -0.393 e. The number of hydrogen-bond acceptors (Lipinski definition) is 3. The summed E-state index contributed by atoms with van der Waals surface area (Å²) < 4.78 is 4.08. The minimum atomic E-state index is -0.398. The predicted octanol–water partition coefficient (Wildman–Crippen LogP) is -0.0192. The number of allylic oxidation sites excluding steroid dienone is 1. The van der Waals surface area contributed by atoms with Crippen LogP contribution in [0.4, 0.5) is 0 Å². The van der Waals surface area contributed by atoms with E-state index in [4.69, 9.17) is 0 Å². The quantitative estimate of drug-likeness (QED) is 0.232. The topological polar surface area (TPSA) is 43.4 Å². The van der Waals surface area contributed by atoms with Crippen LogP contribution >= 0.6 is 0 Å². The number of ether oxygens (including phenoxy) is 1. The number of cyclic esters (lactones) is 2. The normalized spacial score (nSPS) is 13.8. The molecule has 0 aromatic heterocycles. The molecular formula is C8H16O3Si. The fraction of sp³-hybridized carbons (Fsp3) is 0.500. The van der Waals surface area contributed by atoms with Crippen LogP contribution in [0.5, 0.6) is 0 Å². The molecule has 0 saturated carbocycles. The maximum atomic E-state index is 10.0. The van der Waals surface area contributed by atoms with E-state index in [0.29, 0.717) is 0 Å². The molecule has 0 atom stereocenters. The zero-order valence-electron chi connectivity index (χ0n) is 6.85. The highest BCUT2D eigenvalue weighted by atomic mass is 28.1. The van der Waals surface area contributed by atoms with Gasteiger partial charge in [-0.2, -0.15) is 0 Å². The Balaban J connectivity index is 0. The van der Waals surface area contributed by atoms with Crippen LogP contribution in [0.15, 0.2) is 12.2 Å². The first kappa shape index (κ1) is 13.7. The first-order valence-electron chi connectivity index (χ1n) is 3.38. The van der Waals surface area contributed by atoms with Crippen LogP contribution in [0, 0.1) is 0 Å². The third-order valence-electron chi connectivity index (χ3n) is 0.761. The van der Waals surface area contributed by atoms with E-state index in [0.717, 1.165) is 0 Å². The van der Waals surface area contributed by atoms with Gasteiger partial charge >= 0.3 is 11.9 Å². The van der Waals surface area contributed by atoms with Gasteiger partial charge in [0.15, 0.2) is 0 Å². The average Bonchev–Trinajstić information content (AvgIpc) is 2.13. The molecule has 1 fully saturated rings. The summed E-state index contributed by atoms with van der Waals surface area (Å²) in [7, 11) is 0. The Morgan fingerprint density at radius 3 is 1.58 bits per heavy atom. The third kappa shape index (κ3) is 9.10. The van der Waals surface area contributed by atoms with Crippen LogP contribution in [0.25, 0.3) is 0 Å². The lowest BCUT2D eigenvalue weighted by Gasteiger charge is -1.79. The molecule has 0 radical (unpaired) electrons. The van der Waals surface area contributed by atoms with Gasteiger partial charge in [-0.3, -0.25) is 9.59 Å². The van der Waals surface area contributed by atoms with Gasteiger partial charge in [0.1, 0.15) is 0 Å². The molecule has 1 rings (SSSR count). The molecule has 1 aliphatic rings. The number of carbonyl (C=O) groups is 2. The Kier molecular flexibility index (Phi) is 7.73. The van der Waals surface area contributed by atoms with Gasteiger partial charge in [0, 0.05) is 0 Å². The summed E-state index contributed by atoms with van der Waals surface area (Å²) in [4.78, 5) is 20.0. The molecule has 0 N–H and O–H groups in total. The molecule has 0 aromatic rings. The molecule has 0 bridgehead atoms. The molecule has 0 aliphatic carbocycles. The fourth-order valence-corrected chi connectivity index (χ4v) is 0.433. The molecule has 3 nitrogen and oxygen atoms in total. The average molecular weight is 188 g/mol. The Bertz CT molecular complexity index is 169. The maximum Gasteiger partial charge on any atom is 0.314 e. The highest BCUT2D eigenvalue weighted by Crippen LogP contribution is 2.03. The highest BCUT2D eigenvalue weighted by Gasteiger charge is 2.19. The van der Waals surface area contributed by atoms with Crippen molar-refractivity contribution in [2.75, 3.05) is 0 Å². The van der Waals surface area contributed by atoms with Gasteiger partial charge in [-0.25, -0.2) is 0 Å². The second-order valence-corrected chi connectivity index (χ2v) is 2.55. The van der Waals surface area contributed by atoms with E-state index in [1.54, 1.807) is 0 Å². The van der Waals surface area contributed by atoms with Gasteiger partial charge < -0.3 is 4.74 Å². The van der Waals surface area contributed by atoms with E-state index in [9.17, 15) is 9.59 Å². The van der Waals surface area contributed by atoms with Gasteiger partial charge in [0.25, 0.3) is 0 Å². The summed E-state index contributed by atoms with van der Waals surface area (Å²) in [5, 5.41) is 0. The van der Waals surface area contributed by atoms with Crippen molar-refractivity contribution in [3.05, 3.63) is 12.2 Å². The van der Waals surface area contributed by atoms with Crippen LogP contribution in [-0.4, -0.2) is 22.9 Å². The Hall–Kier alpha value is -0.903. The molecule has 1 saturated heterocycles. The number of hydrogen-bond donors (Lipinski definition) is 0. The summed E-state index contributed by atoms with van der Waals surface area (Å²) in [5.41, 5.74) is 1.17. The molecule has 1 heterocycles. The lowest BCUT2D eigenvalue weighted by Crippen LogP contribution is -1.94. The van der Waals surface area contributed by atoms with Crippen LogP contribution in [0.3, 0.4) is 0 Å². The standard InChI is InChI=1S/C4H4O3.C4H8.H4Si/c5-3-1-2-4(6)7-3;1-4(2)3;/h1-2H2;1H2,2-3H3;1H4. The predicted molar refractivity (Wildman–Crippen MR) is 52.2 cm³/mol. The molecule has 1 aliphatic heterocycles. The largest absolute Gasteiger partial charge is 0.393 e. The molecular weight excluding hydrogens is 172 g/mol. The van der Waals surface area contributed by atoms with E-state index in [1.165, 1.54) is 5.57 Å². The summed E-state index contributed by atoms with van der Waals surface area (Å²) in [6.45, 7) is 7.50. The molecule has 0 aromatic carbocycles. The fourth-order valence-electron chi connectivity index (χ4n) is 0.433. The van der Waals surface area contributed by atoms with Gasteiger partial charge in [0.05, 0.1) is 12.8 Å². The van der Waals surface area contributed by atoms with Crippen molar-refractivity contribution in [2.24, 2.45) is 0 Å². The van der Waals surface area contributed by atoms with E-state index in [1.807, 2.05) is 13.8 Å². The van der Waals surface area contributed by atoms with Crippen molar-refractivity contribution in [2.45, 2.75) is 26.7 Å². The van der Waals surface area contributed by atoms with E-state index < -0.39 is 11.9 Å². The number of rotatable bonds is 0. The van der Waals surface area contributed by atoms with Crippen molar-refractivity contribution in [3.63, 3.8) is 0 Å². The van der Waals surface area contributed by atoms with Crippen molar-refractivity contribution in [3.8, 4) is 0 Å². The van der Waals surface area contributed by atoms with Gasteiger partial charge in [-0.15, -0.1) is 6.58 Å². The van der Waals surface area contributed by atoms with E-state index >= 15 is 0 Å².